The summed E-state index contributed by atoms with van der Waals surface area (Å²) in [5, 5.41) is 57.3. The second-order valence-electron chi connectivity index (χ2n) is 17.2. The number of carboxylic acids is 2. The molecule has 2 aromatic rings. The predicted octanol–water partition coefficient (Wildman–Crippen LogP) is -4.62. The van der Waals surface area contributed by atoms with Gasteiger partial charge in [0.15, 0.2) is 0 Å². The van der Waals surface area contributed by atoms with Crippen LogP contribution in [0.25, 0.3) is 0 Å². The molecule has 1 saturated heterocycles. The van der Waals surface area contributed by atoms with E-state index in [1.807, 2.05) is 6.26 Å². The minimum Gasteiger partial charge on any atom is -0.481 e. The molecular weight excluding hydrogens is 943 g/mol. The van der Waals surface area contributed by atoms with Crippen LogP contribution in [-0.2, 0) is 60.8 Å². The van der Waals surface area contributed by atoms with Gasteiger partial charge >= 0.3 is 11.9 Å². The summed E-state index contributed by atoms with van der Waals surface area (Å²) in [6, 6.07) is -11.6. The van der Waals surface area contributed by atoms with Crippen molar-refractivity contribution in [2.45, 2.75) is 133 Å². The highest BCUT2D eigenvalue weighted by atomic mass is 32.2. The zero-order chi connectivity index (χ0) is 52.2. The third-order valence-electron chi connectivity index (χ3n) is 10.9. The highest BCUT2D eigenvalue weighted by Gasteiger charge is 2.42. The molecule has 28 heteroatoms. The number of nitrogens with zero attached hydrogens (tertiary/aromatic N) is 3. The van der Waals surface area contributed by atoms with Crippen LogP contribution < -0.4 is 43.0 Å². The molecule has 27 nitrogen and oxygen atoms in total. The van der Waals surface area contributed by atoms with Crippen molar-refractivity contribution in [2.75, 3.05) is 25.1 Å². The van der Waals surface area contributed by atoms with Crippen LogP contribution in [-0.4, -0.2) is 190 Å². The van der Waals surface area contributed by atoms with Crippen LogP contribution in [0.1, 0.15) is 71.2 Å². The Labute approximate surface area is 406 Å². The van der Waals surface area contributed by atoms with Crippen molar-refractivity contribution >= 4 is 71.0 Å². The van der Waals surface area contributed by atoms with E-state index in [2.05, 4.69) is 57.2 Å². The zero-order valence-corrected chi connectivity index (χ0v) is 40.2. The molecule has 0 spiro atoms. The molecule has 0 bridgehead atoms. The number of aromatic nitrogens is 4. The maximum Gasteiger partial charge on any atom is 0.326 e. The normalized spacial score (nSPS) is 17.3. The average molecular weight is 1010 g/mol. The van der Waals surface area contributed by atoms with Crippen molar-refractivity contribution in [3.63, 3.8) is 0 Å². The molecule has 0 unspecified atom stereocenters. The van der Waals surface area contributed by atoms with Crippen LogP contribution in [0.5, 0.6) is 0 Å². The quantitative estimate of drug-likeness (QED) is 0.0364. The van der Waals surface area contributed by atoms with Gasteiger partial charge in [-0.05, 0) is 57.5 Å². The predicted molar refractivity (Wildman–Crippen MR) is 248 cm³/mol. The third kappa shape index (κ3) is 18.3. The van der Waals surface area contributed by atoms with Gasteiger partial charge in [-0.2, -0.15) is 11.8 Å². The van der Waals surface area contributed by atoms with Gasteiger partial charge < -0.3 is 78.2 Å². The summed E-state index contributed by atoms with van der Waals surface area (Å²) in [7, 11) is 0. The number of amides is 8. The van der Waals surface area contributed by atoms with Gasteiger partial charge in [-0.25, -0.2) is 14.8 Å². The number of carbonyl (C=O) groups excluding carboxylic acids is 8. The maximum absolute atomic E-state index is 14.0. The second-order valence-corrected chi connectivity index (χ2v) is 18.2. The number of carbonyl (C=O) groups is 10. The monoisotopic (exact) mass is 1010 g/mol. The first-order chi connectivity index (χ1) is 33.0. The van der Waals surface area contributed by atoms with E-state index in [9.17, 15) is 68.4 Å². The molecule has 0 aliphatic carbocycles. The smallest absolute Gasteiger partial charge is 0.326 e. The van der Waals surface area contributed by atoms with E-state index in [4.69, 9.17) is 5.73 Å². The largest absolute Gasteiger partial charge is 0.481 e. The molecule has 8 amide bonds. The fourth-order valence-electron chi connectivity index (χ4n) is 7.23. The number of rotatable bonds is 29. The van der Waals surface area contributed by atoms with E-state index >= 15 is 0 Å². The molecule has 1 fully saturated rings. The molecule has 70 heavy (non-hydrogen) atoms. The Morgan fingerprint density at radius 3 is 1.84 bits per heavy atom. The fourth-order valence-corrected chi connectivity index (χ4v) is 7.72. The van der Waals surface area contributed by atoms with Crippen molar-refractivity contribution in [3.05, 3.63) is 36.4 Å². The summed E-state index contributed by atoms with van der Waals surface area (Å²) >= 11 is 1.47. The molecule has 10 atom stereocenters. The Balaban J connectivity index is 1.70. The molecule has 1 aliphatic heterocycles. The third-order valence-corrected chi connectivity index (χ3v) is 11.6. The summed E-state index contributed by atoms with van der Waals surface area (Å²) in [5.74, 6) is -10.1. The van der Waals surface area contributed by atoms with Crippen LogP contribution in [0.3, 0.4) is 0 Å². The lowest BCUT2D eigenvalue weighted by atomic mass is 10.0. The number of aliphatic hydroxyl groups is 2. The standard InChI is InChI=1S/C42H65N13O14S/c1-20(2)11-26(37(63)52-29(42(68)69)13-24-16-45-19-48-24)51-40(66)33(21(3)56)53-39(65)30-7-6-9-55(30)41(67)34(22(4)57)54-38(64)28(14-32(59)60)49-31(58)17-46-36(62)27(12-23-15-44-18-47-23)50-35(61)25(43)8-10-70-5/h15-16,18-22,25-30,33-34,56-57H,6-14,17,43H2,1-5H3,(H,44,47)(H,45,48)(H,46,62)(H,49,58)(H,50,61)(H,51,66)(H,52,63)(H,53,65)(H,54,64)(H,59,60)(H,68,69)/t21-,22-,25+,26+,27+,28+,29+,30+,33+,34+/m1/s1. The van der Waals surface area contributed by atoms with Gasteiger partial charge in [0.05, 0.1) is 43.9 Å². The lowest BCUT2D eigenvalue weighted by Gasteiger charge is -2.32. The summed E-state index contributed by atoms with van der Waals surface area (Å²) in [6.07, 6.45) is 3.48. The van der Waals surface area contributed by atoms with Crippen LogP contribution >= 0.6 is 11.8 Å². The number of nitrogens with two attached hydrogens (primary N) is 1. The van der Waals surface area contributed by atoms with Crippen LogP contribution in [0.2, 0.25) is 0 Å². The SMILES string of the molecule is CSCC[C@H](N)C(=O)N[C@@H](Cc1cnc[nH]1)C(=O)NCC(=O)N[C@@H](CC(=O)O)C(=O)N[C@H](C(=O)N1CCC[C@H]1C(=O)N[C@H](C(=O)N[C@@H](CC(C)C)C(=O)N[C@@H](Cc1cnc[nH]1)C(=O)O)[C@@H](C)O)[C@@H](C)O. The zero-order valence-electron chi connectivity index (χ0n) is 39.4. The van der Waals surface area contributed by atoms with Crippen molar-refractivity contribution in [1.29, 1.82) is 0 Å². The lowest BCUT2D eigenvalue weighted by molar-refractivity contribution is -0.145. The van der Waals surface area contributed by atoms with Gasteiger partial charge in [0.1, 0.15) is 42.3 Å². The fraction of sp³-hybridized carbons (Fsp3) is 0.619. The maximum atomic E-state index is 14.0. The number of aromatic amines is 2. The highest BCUT2D eigenvalue weighted by molar-refractivity contribution is 7.98. The Kier molecular flexibility index (Phi) is 23.2. The number of thioether (sulfide) groups is 1. The van der Waals surface area contributed by atoms with Crippen LogP contribution in [0.15, 0.2) is 25.0 Å². The van der Waals surface area contributed by atoms with Crippen molar-refractivity contribution in [3.8, 4) is 0 Å². The average Bonchev–Trinajstić information content (AvgIpc) is 4.11. The molecule has 3 heterocycles. The number of nitrogens with one attached hydrogen (secondary N) is 9. The first kappa shape index (κ1) is 57.7. The molecule has 0 aromatic carbocycles. The highest BCUT2D eigenvalue weighted by Crippen LogP contribution is 2.20. The number of aliphatic hydroxyl groups excluding tert-OH is 2. The van der Waals surface area contributed by atoms with Crippen LogP contribution in [0, 0.1) is 5.92 Å². The number of hydrogen-bond acceptors (Lipinski definition) is 16. The Hall–Kier alpha value is -6.65. The van der Waals surface area contributed by atoms with E-state index in [-0.39, 0.29) is 44.6 Å². The number of imidazole rings is 2. The Morgan fingerprint density at radius 1 is 0.743 bits per heavy atom. The van der Waals surface area contributed by atoms with Crippen LogP contribution in [0.4, 0.5) is 0 Å². The van der Waals surface area contributed by atoms with E-state index in [1.54, 1.807) is 13.8 Å². The molecule has 2 aromatic heterocycles. The number of carboxylic acid groups (broad SMARTS) is 2. The van der Waals surface area contributed by atoms with Gasteiger partial charge in [-0.3, -0.25) is 43.2 Å². The summed E-state index contributed by atoms with van der Waals surface area (Å²) in [5.41, 5.74) is 6.84. The Bertz CT molecular complexity index is 2110. The number of aliphatic carboxylic acids is 2. The van der Waals surface area contributed by atoms with Gasteiger partial charge in [0, 0.05) is 43.2 Å². The van der Waals surface area contributed by atoms with E-state index in [1.165, 1.54) is 43.7 Å². The number of hydrogen-bond donors (Lipinski definition) is 14. The molecule has 0 radical (unpaired) electrons. The minimum atomic E-state index is -1.86. The molecule has 388 valence electrons. The number of likely N-dealkylation sites (tertiary alicyclic amines) is 1. The van der Waals surface area contributed by atoms with Crippen molar-refractivity contribution in [2.24, 2.45) is 11.7 Å². The van der Waals surface area contributed by atoms with E-state index in [0.29, 0.717) is 23.6 Å². The molecule has 15 N–H and O–H groups in total. The molecular formula is C42H65N13O14S. The van der Waals surface area contributed by atoms with E-state index in [0.717, 1.165) is 11.8 Å². The number of H-pyrrole nitrogens is 2. The summed E-state index contributed by atoms with van der Waals surface area (Å²) in [6.45, 7) is 4.94. The first-order valence-corrected chi connectivity index (χ1v) is 23.8. The van der Waals surface area contributed by atoms with Crippen molar-refractivity contribution < 1.29 is 68.4 Å². The minimum absolute atomic E-state index is 0.0259. The lowest BCUT2D eigenvalue weighted by Crippen LogP contribution is -2.62. The van der Waals surface area contributed by atoms with Gasteiger partial charge in [-0.1, -0.05) is 13.8 Å². The van der Waals surface area contributed by atoms with E-state index < -0.39 is 133 Å². The van der Waals surface area contributed by atoms with Gasteiger partial charge in [0.2, 0.25) is 47.3 Å². The first-order valence-electron chi connectivity index (χ1n) is 22.4. The van der Waals surface area contributed by atoms with Gasteiger partial charge in [0.25, 0.3) is 0 Å². The van der Waals surface area contributed by atoms with Gasteiger partial charge in [-0.15, -0.1) is 0 Å². The van der Waals surface area contributed by atoms with Crippen molar-refractivity contribution in [1.82, 2.24) is 62.1 Å². The molecule has 0 saturated carbocycles. The molecule has 3 rings (SSSR count). The summed E-state index contributed by atoms with van der Waals surface area (Å²) in [4.78, 5) is 146. The topological polar surface area (TPSA) is 422 Å². The summed E-state index contributed by atoms with van der Waals surface area (Å²) < 4.78 is 0. The molecule has 1 aliphatic rings. The second kappa shape index (κ2) is 28.1. The Morgan fingerprint density at radius 2 is 1.31 bits per heavy atom.